The minimum Gasteiger partial charge on any atom is -0.453 e. The molecule has 1 amide bonds. The minimum absolute atomic E-state index is 0.353. The maximum absolute atomic E-state index is 11.3. The molecule has 0 atom stereocenters. The van der Waals surface area contributed by atoms with Crippen molar-refractivity contribution in [3.8, 4) is 5.69 Å². The molecular formula is C17H14N6O2S. The molecule has 8 nitrogen and oxygen atoms in total. The Labute approximate surface area is 152 Å². The van der Waals surface area contributed by atoms with Crippen molar-refractivity contribution in [1.29, 1.82) is 0 Å². The highest BCUT2D eigenvalue weighted by Crippen LogP contribution is 2.30. The first-order valence-electron chi connectivity index (χ1n) is 7.69. The van der Waals surface area contributed by atoms with E-state index < -0.39 is 6.09 Å². The maximum Gasteiger partial charge on any atom is 0.413 e. The van der Waals surface area contributed by atoms with E-state index in [1.54, 1.807) is 22.8 Å². The maximum atomic E-state index is 11.3. The lowest BCUT2D eigenvalue weighted by atomic mass is 10.3. The predicted molar refractivity (Wildman–Crippen MR) is 97.6 cm³/mol. The third kappa shape index (κ3) is 3.38. The number of H-pyrrole nitrogens is 1. The Bertz CT molecular complexity index is 1040. The third-order valence-electron chi connectivity index (χ3n) is 3.61. The zero-order valence-corrected chi connectivity index (χ0v) is 14.5. The number of ether oxygens (including phenoxy) is 1. The van der Waals surface area contributed by atoms with Gasteiger partial charge in [-0.15, -0.1) is 0 Å². The number of amides is 1. The van der Waals surface area contributed by atoms with Gasteiger partial charge in [0.25, 0.3) is 0 Å². The van der Waals surface area contributed by atoms with E-state index in [-0.39, 0.29) is 0 Å². The number of aromatic nitrogens is 5. The Morgan fingerprint density at radius 3 is 2.73 bits per heavy atom. The summed E-state index contributed by atoms with van der Waals surface area (Å²) < 4.78 is 6.27. The van der Waals surface area contributed by atoms with E-state index >= 15 is 0 Å². The minimum atomic E-state index is -0.564. The normalized spacial score (nSPS) is 10.8. The second-order valence-corrected chi connectivity index (χ2v) is 6.46. The molecular weight excluding hydrogens is 352 g/mol. The molecule has 0 fully saturated rings. The first kappa shape index (κ1) is 16.2. The number of nitrogens with one attached hydrogen (secondary N) is 2. The van der Waals surface area contributed by atoms with Crippen LogP contribution in [0.1, 0.15) is 0 Å². The van der Waals surface area contributed by atoms with Crippen molar-refractivity contribution in [2.45, 2.75) is 9.79 Å². The molecule has 0 saturated carbocycles. The number of fused-ring (bicyclic) bond motifs is 1. The number of imidazole rings is 1. The molecule has 0 aliphatic heterocycles. The van der Waals surface area contributed by atoms with E-state index in [4.69, 9.17) is 0 Å². The first-order chi connectivity index (χ1) is 12.7. The van der Waals surface area contributed by atoms with Gasteiger partial charge in [0, 0.05) is 9.79 Å². The van der Waals surface area contributed by atoms with Crippen molar-refractivity contribution >= 4 is 34.8 Å². The lowest BCUT2D eigenvalue weighted by Crippen LogP contribution is -2.11. The summed E-state index contributed by atoms with van der Waals surface area (Å²) in [5.74, 6) is 0.353. The van der Waals surface area contributed by atoms with Crippen LogP contribution in [0.15, 0.2) is 64.9 Å². The van der Waals surface area contributed by atoms with Gasteiger partial charge in [0.1, 0.15) is 12.7 Å². The summed E-state index contributed by atoms with van der Waals surface area (Å²) in [5.41, 5.74) is 2.55. The summed E-state index contributed by atoms with van der Waals surface area (Å²) in [4.78, 5) is 24.7. The molecule has 4 rings (SSSR count). The Morgan fingerprint density at radius 2 is 2.00 bits per heavy atom. The third-order valence-corrected chi connectivity index (χ3v) is 4.61. The van der Waals surface area contributed by atoms with Gasteiger partial charge in [0.15, 0.2) is 0 Å². The van der Waals surface area contributed by atoms with Crippen LogP contribution in [-0.4, -0.2) is 37.9 Å². The standard InChI is InChI=1S/C17H14N6O2S/c1-25-17(24)22-16-20-14-7-6-13(8-15(14)21-16)26-12-4-2-11(3-5-12)23-10-18-9-19-23/h2-10H,1H3,(H2,20,21,22,24). The number of aromatic amines is 1. The molecule has 4 aromatic rings. The highest BCUT2D eigenvalue weighted by Gasteiger charge is 2.08. The van der Waals surface area contributed by atoms with E-state index in [2.05, 4.69) is 30.1 Å². The van der Waals surface area contributed by atoms with Crippen molar-refractivity contribution in [3.05, 3.63) is 55.1 Å². The van der Waals surface area contributed by atoms with E-state index in [1.165, 1.54) is 13.4 Å². The van der Waals surface area contributed by atoms with Crippen LogP contribution in [0.4, 0.5) is 10.7 Å². The summed E-state index contributed by atoms with van der Waals surface area (Å²) in [6.45, 7) is 0. The number of anilines is 1. The molecule has 9 heteroatoms. The summed E-state index contributed by atoms with van der Waals surface area (Å²) >= 11 is 1.63. The van der Waals surface area contributed by atoms with Crippen LogP contribution in [0.2, 0.25) is 0 Å². The quantitative estimate of drug-likeness (QED) is 0.574. The number of methoxy groups -OCH3 is 1. The Morgan fingerprint density at radius 1 is 1.19 bits per heavy atom. The summed E-state index contributed by atoms with van der Waals surface area (Å²) in [6, 6.07) is 13.9. The second-order valence-electron chi connectivity index (χ2n) is 5.32. The molecule has 0 aliphatic rings. The van der Waals surface area contributed by atoms with Crippen molar-refractivity contribution in [2.24, 2.45) is 0 Å². The number of carbonyl (C=O) groups excluding carboxylic acids is 1. The van der Waals surface area contributed by atoms with Gasteiger partial charge in [-0.25, -0.2) is 19.4 Å². The van der Waals surface area contributed by atoms with Crippen molar-refractivity contribution in [3.63, 3.8) is 0 Å². The molecule has 2 heterocycles. The lowest BCUT2D eigenvalue weighted by Gasteiger charge is -2.04. The van der Waals surface area contributed by atoms with E-state index in [1.807, 2.05) is 42.5 Å². The molecule has 0 aliphatic carbocycles. The predicted octanol–water partition coefficient (Wildman–Crippen LogP) is 3.47. The smallest absolute Gasteiger partial charge is 0.413 e. The van der Waals surface area contributed by atoms with Gasteiger partial charge in [0.05, 0.1) is 23.8 Å². The van der Waals surface area contributed by atoms with Gasteiger partial charge < -0.3 is 9.72 Å². The van der Waals surface area contributed by atoms with Gasteiger partial charge in [-0.05, 0) is 42.5 Å². The van der Waals surface area contributed by atoms with Crippen LogP contribution in [0, 0.1) is 0 Å². The number of benzene rings is 2. The van der Waals surface area contributed by atoms with Crippen LogP contribution in [0.5, 0.6) is 0 Å². The van der Waals surface area contributed by atoms with Crippen LogP contribution >= 0.6 is 11.8 Å². The number of carbonyl (C=O) groups is 1. The van der Waals surface area contributed by atoms with E-state index in [0.29, 0.717) is 5.95 Å². The molecule has 2 N–H and O–H groups in total. The van der Waals surface area contributed by atoms with Crippen LogP contribution < -0.4 is 5.32 Å². The highest BCUT2D eigenvalue weighted by atomic mass is 32.2. The van der Waals surface area contributed by atoms with Crippen LogP contribution in [0.25, 0.3) is 16.7 Å². The number of hydrogen-bond acceptors (Lipinski definition) is 6. The average Bonchev–Trinajstić information content (AvgIpc) is 3.31. The lowest BCUT2D eigenvalue weighted by molar-refractivity contribution is 0.186. The van der Waals surface area contributed by atoms with Crippen molar-refractivity contribution in [1.82, 2.24) is 24.7 Å². The largest absolute Gasteiger partial charge is 0.453 e. The topological polar surface area (TPSA) is 97.7 Å². The number of nitrogens with zero attached hydrogens (tertiary/aromatic N) is 4. The fourth-order valence-electron chi connectivity index (χ4n) is 2.40. The van der Waals surface area contributed by atoms with Gasteiger partial charge >= 0.3 is 6.09 Å². The Kier molecular flexibility index (Phi) is 4.28. The molecule has 26 heavy (non-hydrogen) atoms. The van der Waals surface area contributed by atoms with Crippen LogP contribution in [-0.2, 0) is 4.74 Å². The molecule has 0 radical (unpaired) electrons. The molecule has 0 spiro atoms. The highest BCUT2D eigenvalue weighted by molar-refractivity contribution is 7.99. The molecule has 2 aromatic carbocycles. The molecule has 0 bridgehead atoms. The summed E-state index contributed by atoms with van der Waals surface area (Å²) in [7, 11) is 1.31. The zero-order chi connectivity index (χ0) is 17.9. The molecule has 0 unspecified atom stereocenters. The molecule has 2 aromatic heterocycles. The Balaban J connectivity index is 1.52. The average molecular weight is 366 g/mol. The van der Waals surface area contributed by atoms with Gasteiger partial charge in [0.2, 0.25) is 5.95 Å². The Hall–Kier alpha value is -3.33. The van der Waals surface area contributed by atoms with Crippen molar-refractivity contribution < 1.29 is 9.53 Å². The zero-order valence-electron chi connectivity index (χ0n) is 13.7. The SMILES string of the molecule is COC(=O)Nc1nc2ccc(Sc3ccc(-n4cncn4)cc3)cc2[nH]1. The molecule has 130 valence electrons. The number of rotatable bonds is 4. The monoisotopic (exact) mass is 366 g/mol. The van der Waals surface area contributed by atoms with Crippen molar-refractivity contribution in [2.75, 3.05) is 12.4 Å². The summed E-state index contributed by atoms with van der Waals surface area (Å²) in [6.07, 6.45) is 2.60. The first-order valence-corrected chi connectivity index (χ1v) is 8.50. The fourth-order valence-corrected chi connectivity index (χ4v) is 3.26. The summed E-state index contributed by atoms with van der Waals surface area (Å²) in [5, 5.41) is 6.63. The fraction of sp³-hybridized carbons (Fsp3) is 0.0588. The van der Waals surface area contributed by atoms with Gasteiger partial charge in [-0.2, -0.15) is 5.10 Å². The molecule has 0 saturated heterocycles. The van der Waals surface area contributed by atoms with E-state index in [0.717, 1.165) is 26.5 Å². The van der Waals surface area contributed by atoms with Gasteiger partial charge in [-0.1, -0.05) is 11.8 Å². The second kappa shape index (κ2) is 6.89. The number of hydrogen-bond donors (Lipinski definition) is 2. The van der Waals surface area contributed by atoms with Crippen LogP contribution in [0.3, 0.4) is 0 Å². The van der Waals surface area contributed by atoms with Gasteiger partial charge in [-0.3, -0.25) is 5.32 Å². The van der Waals surface area contributed by atoms with E-state index in [9.17, 15) is 4.79 Å².